The van der Waals surface area contributed by atoms with Gasteiger partial charge < -0.3 is 16.0 Å². The molecule has 0 unspecified atom stereocenters. The summed E-state index contributed by atoms with van der Waals surface area (Å²) >= 11 is 0. The summed E-state index contributed by atoms with van der Waals surface area (Å²) < 4.78 is 13.6. The molecule has 0 fully saturated rings. The van der Waals surface area contributed by atoms with Crippen LogP contribution in [0, 0.1) is 5.82 Å². The van der Waals surface area contributed by atoms with E-state index in [-0.39, 0.29) is 23.3 Å². The Morgan fingerprint density at radius 1 is 0.931 bits per heavy atom. The number of nitrogens with one attached hydrogen (secondary N) is 3. The molecule has 29 heavy (non-hydrogen) atoms. The zero-order chi connectivity index (χ0) is 20.6. The number of halogens is 1. The molecule has 2 amide bonds. The number of hydrogen-bond acceptors (Lipinski definition) is 4. The van der Waals surface area contributed by atoms with Crippen molar-refractivity contribution < 1.29 is 14.0 Å². The van der Waals surface area contributed by atoms with Crippen molar-refractivity contribution in [3.63, 3.8) is 0 Å². The van der Waals surface area contributed by atoms with Gasteiger partial charge in [-0.15, -0.1) is 0 Å². The van der Waals surface area contributed by atoms with Crippen molar-refractivity contribution in [2.24, 2.45) is 0 Å². The van der Waals surface area contributed by atoms with Gasteiger partial charge in [0.05, 0.1) is 11.9 Å². The monoisotopic (exact) mass is 392 g/mol. The standard InChI is InChI=1S/C22H21FN4O2/c1-15(28)26-17-6-4-7-18(13-17)27-22(29)21-10-9-19(14-25-21)24-12-11-16-5-2-3-8-20(16)23/h2-10,13-14,24H,11-12H2,1H3,(H,26,28)(H,27,29). The number of hydrogen-bond donors (Lipinski definition) is 3. The van der Waals surface area contributed by atoms with Gasteiger partial charge in [-0.25, -0.2) is 9.37 Å². The lowest BCUT2D eigenvalue weighted by Gasteiger charge is -2.09. The maximum absolute atomic E-state index is 13.6. The van der Waals surface area contributed by atoms with Gasteiger partial charge in [-0.3, -0.25) is 9.59 Å². The Morgan fingerprint density at radius 2 is 1.69 bits per heavy atom. The van der Waals surface area contributed by atoms with Gasteiger partial charge in [0, 0.05) is 24.8 Å². The highest BCUT2D eigenvalue weighted by Gasteiger charge is 2.08. The summed E-state index contributed by atoms with van der Waals surface area (Å²) in [4.78, 5) is 27.7. The van der Waals surface area contributed by atoms with E-state index < -0.39 is 0 Å². The Labute approximate surface area is 168 Å². The van der Waals surface area contributed by atoms with Crippen molar-refractivity contribution in [3.05, 3.63) is 83.9 Å². The average molecular weight is 392 g/mol. The summed E-state index contributed by atoms with van der Waals surface area (Å²) in [5, 5.41) is 8.57. The van der Waals surface area contributed by atoms with Crippen molar-refractivity contribution in [1.82, 2.24) is 4.98 Å². The van der Waals surface area contributed by atoms with Crippen LogP contribution < -0.4 is 16.0 Å². The maximum Gasteiger partial charge on any atom is 0.274 e. The lowest BCUT2D eigenvalue weighted by atomic mass is 10.1. The minimum Gasteiger partial charge on any atom is -0.383 e. The van der Waals surface area contributed by atoms with E-state index in [0.717, 1.165) is 5.69 Å². The molecule has 7 heteroatoms. The van der Waals surface area contributed by atoms with E-state index in [4.69, 9.17) is 0 Å². The summed E-state index contributed by atoms with van der Waals surface area (Å²) in [5.41, 5.74) is 2.79. The Hall–Kier alpha value is -3.74. The lowest BCUT2D eigenvalue weighted by molar-refractivity contribution is -0.114. The van der Waals surface area contributed by atoms with Crippen molar-refractivity contribution in [1.29, 1.82) is 0 Å². The quantitative estimate of drug-likeness (QED) is 0.566. The molecule has 3 N–H and O–H groups in total. The molecular formula is C22H21FN4O2. The normalized spacial score (nSPS) is 10.3. The van der Waals surface area contributed by atoms with Crippen molar-refractivity contribution in [2.75, 3.05) is 22.5 Å². The number of nitrogens with zero attached hydrogens (tertiary/aromatic N) is 1. The number of benzene rings is 2. The summed E-state index contributed by atoms with van der Waals surface area (Å²) in [6.45, 7) is 1.96. The maximum atomic E-state index is 13.6. The highest BCUT2D eigenvalue weighted by atomic mass is 19.1. The van der Waals surface area contributed by atoms with Gasteiger partial charge in [-0.2, -0.15) is 0 Å². The molecule has 6 nitrogen and oxygen atoms in total. The Balaban J connectivity index is 1.55. The van der Waals surface area contributed by atoms with Gasteiger partial charge in [0.25, 0.3) is 5.91 Å². The molecule has 0 aliphatic carbocycles. The number of carbonyl (C=O) groups excluding carboxylic acids is 2. The van der Waals surface area contributed by atoms with Crippen LogP contribution in [-0.4, -0.2) is 23.3 Å². The second-order valence-electron chi connectivity index (χ2n) is 6.42. The molecule has 0 saturated carbocycles. The molecule has 0 aliphatic rings. The van der Waals surface area contributed by atoms with Crippen LogP contribution in [0.1, 0.15) is 23.0 Å². The predicted molar refractivity (Wildman–Crippen MR) is 112 cm³/mol. The molecule has 0 aliphatic heterocycles. The molecule has 1 heterocycles. The van der Waals surface area contributed by atoms with Crippen molar-refractivity contribution in [2.45, 2.75) is 13.3 Å². The van der Waals surface area contributed by atoms with Gasteiger partial charge in [0.1, 0.15) is 11.5 Å². The SMILES string of the molecule is CC(=O)Nc1cccc(NC(=O)c2ccc(NCCc3ccccc3F)cn2)c1. The van der Waals surface area contributed by atoms with E-state index in [1.807, 2.05) is 0 Å². The molecule has 148 valence electrons. The van der Waals surface area contributed by atoms with Gasteiger partial charge in [-0.1, -0.05) is 24.3 Å². The van der Waals surface area contributed by atoms with Crippen molar-refractivity contribution >= 4 is 28.9 Å². The fourth-order valence-electron chi connectivity index (χ4n) is 2.75. The van der Waals surface area contributed by atoms with Crippen molar-refractivity contribution in [3.8, 4) is 0 Å². The molecule has 0 saturated heterocycles. The van der Waals surface area contributed by atoms with E-state index in [9.17, 15) is 14.0 Å². The minimum atomic E-state index is -0.358. The average Bonchev–Trinajstić information content (AvgIpc) is 2.70. The molecule has 0 radical (unpaired) electrons. The first kappa shape index (κ1) is 20.0. The highest BCUT2D eigenvalue weighted by Crippen LogP contribution is 2.16. The van der Waals surface area contributed by atoms with Crippen LogP contribution in [0.4, 0.5) is 21.5 Å². The predicted octanol–water partition coefficient (Wildman–Crippen LogP) is 4.09. The number of aromatic nitrogens is 1. The fraction of sp³-hybridized carbons (Fsp3) is 0.136. The summed E-state index contributed by atoms with van der Waals surface area (Å²) in [6, 6.07) is 16.9. The fourth-order valence-corrected chi connectivity index (χ4v) is 2.75. The van der Waals surface area contributed by atoms with Crippen LogP contribution in [-0.2, 0) is 11.2 Å². The lowest BCUT2D eigenvalue weighted by Crippen LogP contribution is -2.14. The first-order chi connectivity index (χ1) is 14.0. The van der Waals surface area contributed by atoms with Gasteiger partial charge in [0.2, 0.25) is 5.91 Å². The van der Waals surface area contributed by atoms with E-state index in [1.54, 1.807) is 60.8 Å². The van der Waals surface area contributed by atoms with E-state index in [0.29, 0.717) is 29.9 Å². The van der Waals surface area contributed by atoms with Crippen LogP contribution in [0.25, 0.3) is 0 Å². The Morgan fingerprint density at radius 3 is 2.38 bits per heavy atom. The molecule has 0 bridgehead atoms. The number of carbonyl (C=O) groups is 2. The third kappa shape index (κ3) is 5.87. The zero-order valence-corrected chi connectivity index (χ0v) is 15.9. The second kappa shape index (κ2) is 9.45. The molecule has 1 aromatic heterocycles. The van der Waals surface area contributed by atoms with Gasteiger partial charge >= 0.3 is 0 Å². The van der Waals surface area contributed by atoms with Crippen LogP contribution in [0.3, 0.4) is 0 Å². The van der Waals surface area contributed by atoms with Crippen LogP contribution in [0.5, 0.6) is 0 Å². The van der Waals surface area contributed by atoms with E-state index in [1.165, 1.54) is 13.0 Å². The molecule has 0 atom stereocenters. The number of amides is 2. The minimum absolute atomic E-state index is 0.187. The Bertz CT molecular complexity index is 1010. The van der Waals surface area contributed by atoms with Crippen LogP contribution in [0.15, 0.2) is 66.9 Å². The molecule has 3 aromatic rings. The first-order valence-corrected chi connectivity index (χ1v) is 9.13. The summed E-state index contributed by atoms with van der Waals surface area (Å²) in [6.07, 6.45) is 2.10. The molecule has 2 aromatic carbocycles. The number of rotatable bonds is 7. The molecule has 3 rings (SSSR count). The van der Waals surface area contributed by atoms with E-state index >= 15 is 0 Å². The first-order valence-electron chi connectivity index (χ1n) is 9.13. The zero-order valence-electron chi connectivity index (χ0n) is 15.9. The third-order valence-corrected chi connectivity index (χ3v) is 4.12. The van der Waals surface area contributed by atoms with Crippen LogP contribution >= 0.6 is 0 Å². The van der Waals surface area contributed by atoms with Crippen LogP contribution in [0.2, 0.25) is 0 Å². The topological polar surface area (TPSA) is 83.1 Å². The second-order valence-corrected chi connectivity index (χ2v) is 6.42. The molecule has 0 spiro atoms. The summed E-state index contributed by atoms with van der Waals surface area (Å²) in [5.74, 6) is -0.766. The highest BCUT2D eigenvalue weighted by molar-refractivity contribution is 6.03. The van der Waals surface area contributed by atoms with Gasteiger partial charge in [-0.05, 0) is 48.4 Å². The van der Waals surface area contributed by atoms with E-state index in [2.05, 4.69) is 20.9 Å². The summed E-state index contributed by atoms with van der Waals surface area (Å²) in [7, 11) is 0. The number of anilines is 3. The molecular weight excluding hydrogens is 371 g/mol. The third-order valence-electron chi connectivity index (χ3n) is 4.12. The number of pyridine rings is 1. The Kier molecular flexibility index (Phi) is 6.52. The largest absolute Gasteiger partial charge is 0.383 e. The van der Waals surface area contributed by atoms with Gasteiger partial charge in [0.15, 0.2) is 0 Å². The smallest absolute Gasteiger partial charge is 0.274 e.